The molecule has 7 rings (SSSR count). The molecule has 0 aromatic heterocycles. The van der Waals surface area contributed by atoms with Crippen LogP contribution in [0.4, 0.5) is 10.1 Å². The highest BCUT2D eigenvalue weighted by Gasteiger charge is 2.71. The molecule has 4 aromatic carbocycles. The van der Waals surface area contributed by atoms with Crippen LogP contribution in [0.5, 0.6) is 0 Å². The Morgan fingerprint density at radius 3 is 2.08 bits per heavy atom. The number of rotatable bonds is 3. The first-order valence-electron chi connectivity index (χ1n) is 12.7. The van der Waals surface area contributed by atoms with E-state index in [-0.39, 0.29) is 17.3 Å². The van der Waals surface area contributed by atoms with Crippen LogP contribution < -0.4 is 4.90 Å². The standard InChI is InChI=1S/C33H21BrFNO3/c34-22-14-9-20(10-15-22)28-29(30(37)21-11-16-23(35)17-12-21)36-26-8-4-1-5-19(26)13-18-27(36)33(28)31(38)24-6-2-3-7-25(24)32(33)39/h1-18,27-29H/t27-,28+,29-/m0/s1. The van der Waals surface area contributed by atoms with Gasteiger partial charge in [0.2, 0.25) is 0 Å². The Balaban J connectivity index is 1.54. The van der Waals surface area contributed by atoms with Crippen molar-refractivity contribution in [1.29, 1.82) is 0 Å². The molecule has 3 atom stereocenters. The van der Waals surface area contributed by atoms with Gasteiger partial charge in [0.25, 0.3) is 0 Å². The molecule has 0 saturated carbocycles. The van der Waals surface area contributed by atoms with Crippen molar-refractivity contribution < 1.29 is 18.8 Å². The number of carbonyl (C=O) groups is 3. The molecule has 1 spiro atoms. The van der Waals surface area contributed by atoms with Crippen molar-refractivity contribution in [3.63, 3.8) is 0 Å². The molecule has 0 bridgehead atoms. The van der Waals surface area contributed by atoms with Crippen molar-refractivity contribution in [2.45, 2.75) is 18.0 Å². The van der Waals surface area contributed by atoms with Gasteiger partial charge in [0.15, 0.2) is 17.3 Å². The number of anilines is 1. The second kappa shape index (κ2) is 8.68. The number of Topliss-reactive ketones (excluding diaryl/α,β-unsaturated/α-hetero) is 3. The molecule has 0 radical (unpaired) electrons. The second-order valence-electron chi connectivity index (χ2n) is 10.2. The number of ketones is 3. The van der Waals surface area contributed by atoms with Crippen LogP contribution in [0, 0.1) is 11.2 Å². The molecule has 0 N–H and O–H groups in total. The fraction of sp³-hybridized carbons (Fsp3) is 0.121. The normalized spacial score (nSPS) is 22.1. The smallest absolute Gasteiger partial charge is 0.185 e. The molecule has 1 fully saturated rings. The first-order valence-corrected chi connectivity index (χ1v) is 13.5. The highest BCUT2D eigenvalue weighted by molar-refractivity contribution is 9.10. The minimum absolute atomic E-state index is 0.272. The average Bonchev–Trinajstić information content (AvgIpc) is 3.40. The number of halogens is 2. The van der Waals surface area contributed by atoms with E-state index < -0.39 is 29.2 Å². The summed E-state index contributed by atoms with van der Waals surface area (Å²) in [5.41, 5.74) is 1.92. The topological polar surface area (TPSA) is 54.5 Å². The van der Waals surface area contributed by atoms with Crippen LogP contribution in [-0.2, 0) is 0 Å². The Hall–Kier alpha value is -4.16. The lowest BCUT2D eigenvalue weighted by Gasteiger charge is -2.37. The molecule has 4 nitrogen and oxygen atoms in total. The van der Waals surface area contributed by atoms with E-state index in [1.54, 1.807) is 24.3 Å². The van der Waals surface area contributed by atoms with E-state index in [1.165, 1.54) is 24.3 Å². The van der Waals surface area contributed by atoms with Crippen LogP contribution in [0.3, 0.4) is 0 Å². The molecular formula is C33H21BrFNO3. The fourth-order valence-electron chi connectivity index (χ4n) is 6.75. The Morgan fingerprint density at radius 1 is 0.795 bits per heavy atom. The van der Waals surface area contributed by atoms with Gasteiger partial charge in [-0.25, -0.2) is 4.39 Å². The number of benzene rings is 4. The van der Waals surface area contributed by atoms with E-state index in [1.807, 2.05) is 65.6 Å². The molecule has 2 aliphatic heterocycles. The van der Waals surface area contributed by atoms with E-state index in [2.05, 4.69) is 15.9 Å². The number of fused-ring (bicyclic) bond motifs is 5. The molecule has 39 heavy (non-hydrogen) atoms. The summed E-state index contributed by atoms with van der Waals surface area (Å²) in [6, 6.07) is 25.9. The van der Waals surface area contributed by atoms with Crippen LogP contribution in [0.25, 0.3) is 6.08 Å². The Kier molecular flexibility index (Phi) is 5.32. The predicted molar refractivity (Wildman–Crippen MR) is 151 cm³/mol. The van der Waals surface area contributed by atoms with Crippen molar-refractivity contribution in [2.75, 3.05) is 4.90 Å². The number of carbonyl (C=O) groups excluding carboxylic acids is 3. The fourth-order valence-corrected chi connectivity index (χ4v) is 7.01. The van der Waals surface area contributed by atoms with E-state index >= 15 is 0 Å². The van der Waals surface area contributed by atoms with Gasteiger partial charge in [-0.05, 0) is 53.6 Å². The Bertz CT molecular complexity index is 1670. The van der Waals surface area contributed by atoms with Crippen LogP contribution in [0.15, 0.2) is 108 Å². The monoisotopic (exact) mass is 577 g/mol. The van der Waals surface area contributed by atoms with Gasteiger partial charge in [0, 0.05) is 32.8 Å². The number of para-hydroxylation sites is 1. The van der Waals surface area contributed by atoms with Gasteiger partial charge in [-0.1, -0.05) is 82.7 Å². The largest absolute Gasteiger partial charge is 0.352 e. The third-order valence-corrected chi connectivity index (χ3v) is 8.87. The minimum Gasteiger partial charge on any atom is -0.352 e. The van der Waals surface area contributed by atoms with Gasteiger partial charge in [0.05, 0.1) is 6.04 Å². The lowest BCUT2D eigenvalue weighted by atomic mass is 9.64. The molecule has 6 heteroatoms. The highest BCUT2D eigenvalue weighted by atomic mass is 79.9. The quantitative estimate of drug-likeness (QED) is 0.196. The molecule has 4 aromatic rings. The number of hydrogen-bond donors (Lipinski definition) is 0. The summed E-state index contributed by atoms with van der Waals surface area (Å²) < 4.78 is 14.7. The maximum absolute atomic E-state index is 14.5. The van der Waals surface area contributed by atoms with E-state index in [9.17, 15) is 18.8 Å². The lowest BCUT2D eigenvalue weighted by Crippen LogP contribution is -2.48. The van der Waals surface area contributed by atoms with Gasteiger partial charge in [-0.2, -0.15) is 0 Å². The second-order valence-corrected chi connectivity index (χ2v) is 11.1. The Labute approximate surface area is 232 Å². The van der Waals surface area contributed by atoms with Crippen molar-refractivity contribution >= 4 is 45.0 Å². The van der Waals surface area contributed by atoms with E-state index in [0.29, 0.717) is 22.3 Å². The first-order chi connectivity index (χ1) is 18.9. The van der Waals surface area contributed by atoms with Gasteiger partial charge in [-0.15, -0.1) is 0 Å². The number of nitrogens with zero attached hydrogens (tertiary/aromatic N) is 1. The van der Waals surface area contributed by atoms with Crippen molar-refractivity contribution in [1.82, 2.24) is 0 Å². The molecule has 3 aliphatic rings. The average molecular weight is 578 g/mol. The van der Waals surface area contributed by atoms with Crippen LogP contribution in [0.1, 0.15) is 48.1 Å². The Morgan fingerprint density at radius 2 is 1.41 bits per heavy atom. The number of hydrogen-bond acceptors (Lipinski definition) is 4. The van der Waals surface area contributed by atoms with Gasteiger partial charge in [0.1, 0.15) is 17.3 Å². The van der Waals surface area contributed by atoms with E-state index in [0.717, 1.165) is 15.7 Å². The molecule has 0 amide bonds. The molecule has 2 heterocycles. The molecular weight excluding hydrogens is 557 g/mol. The van der Waals surface area contributed by atoms with Gasteiger partial charge >= 0.3 is 0 Å². The summed E-state index contributed by atoms with van der Waals surface area (Å²) in [5.74, 6) is -2.06. The zero-order chi connectivity index (χ0) is 26.9. The summed E-state index contributed by atoms with van der Waals surface area (Å²) in [4.78, 5) is 45.5. The van der Waals surface area contributed by atoms with Crippen LogP contribution in [0.2, 0.25) is 0 Å². The molecule has 1 saturated heterocycles. The van der Waals surface area contributed by atoms with Crippen LogP contribution >= 0.6 is 15.9 Å². The van der Waals surface area contributed by atoms with Crippen molar-refractivity contribution in [2.24, 2.45) is 5.41 Å². The minimum atomic E-state index is -1.55. The summed E-state index contributed by atoms with van der Waals surface area (Å²) >= 11 is 3.49. The SMILES string of the molecule is O=C(c1ccc(F)cc1)[C@@H]1[C@@H](c2ccc(Br)cc2)C2(C(=O)c3ccccc3C2=O)[C@@H]2C=Cc3ccccc3N12. The van der Waals surface area contributed by atoms with Gasteiger partial charge < -0.3 is 4.90 Å². The lowest BCUT2D eigenvalue weighted by molar-refractivity contribution is 0.0666. The van der Waals surface area contributed by atoms with Crippen molar-refractivity contribution in [3.05, 3.63) is 141 Å². The summed E-state index contributed by atoms with van der Waals surface area (Å²) in [6.45, 7) is 0. The van der Waals surface area contributed by atoms with Crippen molar-refractivity contribution in [3.8, 4) is 0 Å². The maximum Gasteiger partial charge on any atom is 0.185 e. The third-order valence-electron chi connectivity index (χ3n) is 8.34. The molecule has 190 valence electrons. The highest BCUT2D eigenvalue weighted by Crippen LogP contribution is 2.61. The molecule has 1 aliphatic carbocycles. The molecule has 0 unspecified atom stereocenters. The predicted octanol–water partition coefficient (Wildman–Crippen LogP) is 6.90. The van der Waals surface area contributed by atoms with E-state index in [4.69, 9.17) is 0 Å². The zero-order valence-corrected chi connectivity index (χ0v) is 22.1. The first kappa shape index (κ1) is 23.9. The van der Waals surface area contributed by atoms with Crippen LogP contribution in [-0.4, -0.2) is 29.4 Å². The maximum atomic E-state index is 14.5. The summed E-state index contributed by atoms with van der Waals surface area (Å²) in [6.07, 6.45) is 3.83. The summed E-state index contributed by atoms with van der Waals surface area (Å²) in [7, 11) is 0. The third kappa shape index (κ3) is 3.24. The summed E-state index contributed by atoms with van der Waals surface area (Å²) in [5, 5.41) is 0. The zero-order valence-electron chi connectivity index (χ0n) is 20.6. The van der Waals surface area contributed by atoms with Gasteiger partial charge in [-0.3, -0.25) is 14.4 Å².